The molecule has 0 saturated carbocycles. The second kappa shape index (κ2) is 8.38. The molecule has 1 atom stereocenters. The van der Waals surface area contributed by atoms with E-state index >= 15 is 0 Å². The van der Waals surface area contributed by atoms with E-state index in [0.29, 0.717) is 44.2 Å². The molecule has 2 rings (SSSR count). The lowest BCUT2D eigenvalue weighted by molar-refractivity contribution is -0.121. The van der Waals surface area contributed by atoms with Gasteiger partial charge in [0.15, 0.2) is 0 Å². The first kappa shape index (κ1) is 17.1. The molecule has 1 aromatic carbocycles. The molecule has 23 heavy (non-hydrogen) atoms. The fourth-order valence-electron chi connectivity index (χ4n) is 2.54. The highest BCUT2D eigenvalue weighted by atomic mass is 16.5. The second-order valence-electron chi connectivity index (χ2n) is 5.23. The zero-order valence-corrected chi connectivity index (χ0v) is 13.3. The Kier molecular flexibility index (Phi) is 6.22. The van der Waals surface area contributed by atoms with Crippen LogP contribution in [0.2, 0.25) is 0 Å². The number of para-hydroxylation sites is 2. The molecule has 126 valence electrons. The maximum atomic E-state index is 12.4. The van der Waals surface area contributed by atoms with Crippen molar-refractivity contribution < 1.29 is 19.1 Å². The van der Waals surface area contributed by atoms with Gasteiger partial charge >= 0.3 is 6.03 Å². The smallest absolute Gasteiger partial charge is 0.322 e. The van der Waals surface area contributed by atoms with Gasteiger partial charge in [-0.25, -0.2) is 4.79 Å². The van der Waals surface area contributed by atoms with Crippen LogP contribution >= 0.6 is 0 Å². The summed E-state index contributed by atoms with van der Waals surface area (Å²) in [5, 5.41) is 2.79. The van der Waals surface area contributed by atoms with Crippen LogP contribution in [0.4, 0.5) is 10.5 Å². The van der Waals surface area contributed by atoms with E-state index in [1.54, 1.807) is 18.2 Å². The molecule has 3 N–H and O–H groups in total. The number of amides is 3. The minimum atomic E-state index is -0.541. The van der Waals surface area contributed by atoms with Crippen LogP contribution in [0.1, 0.15) is 19.8 Å². The number of primary amides is 1. The van der Waals surface area contributed by atoms with Crippen LogP contribution < -0.4 is 15.8 Å². The third kappa shape index (κ3) is 4.59. The number of ether oxygens (including phenoxy) is 2. The SMILES string of the molecule is CCOCCOc1ccccc1NC(=O)N1CCC[C@H]1C(N)=O. The molecule has 1 saturated heterocycles. The van der Waals surface area contributed by atoms with Crippen molar-refractivity contribution in [2.75, 3.05) is 31.7 Å². The number of likely N-dealkylation sites (tertiary alicyclic amines) is 1. The molecule has 0 spiro atoms. The molecule has 1 aliphatic heterocycles. The Bertz CT molecular complexity index is 550. The van der Waals surface area contributed by atoms with E-state index in [4.69, 9.17) is 15.2 Å². The third-order valence-electron chi connectivity index (χ3n) is 3.66. The van der Waals surface area contributed by atoms with Crippen molar-refractivity contribution in [3.63, 3.8) is 0 Å². The quantitative estimate of drug-likeness (QED) is 0.746. The van der Waals surface area contributed by atoms with E-state index in [1.165, 1.54) is 4.90 Å². The van der Waals surface area contributed by atoms with Crippen molar-refractivity contribution in [2.45, 2.75) is 25.8 Å². The fraction of sp³-hybridized carbons (Fsp3) is 0.500. The van der Waals surface area contributed by atoms with Gasteiger partial charge in [-0.3, -0.25) is 4.79 Å². The predicted octanol–water partition coefficient (Wildman–Crippen LogP) is 1.58. The number of benzene rings is 1. The monoisotopic (exact) mass is 321 g/mol. The molecule has 7 nitrogen and oxygen atoms in total. The average molecular weight is 321 g/mol. The van der Waals surface area contributed by atoms with Gasteiger partial charge in [-0.1, -0.05) is 12.1 Å². The van der Waals surface area contributed by atoms with E-state index in [-0.39, 0.29) is 6.03 Å². The standard InChI is InChI=1S/C16H23N3O4/c1-2-22-10-11-23-14-8-4-3-6-12(14)18-16(21)19-9-5-7-13(19)15(17)20/h3-4,6,8,13H,2,5,7,9-11H2,1H3,(H2,17,20)(H,18,21)/t13-/m0/s1. The Labute approximate surface area is 135 Å². The minimum absolute atomic E-state index is 0.341. The molecule has 1 fully saturated rings. The molecule has 3 amide bonds. The Hall–Kier alpha value is -2.28. The first-order valence-corrected chi connectivity index (χ1v) is 7.80. The van der Waals surface area contributed by atoms with E-state index in [2.05, 4.69) is 5.32 Å². The van der Waals surface area contributed by atoms with E-state index in [9.17, 15) is 9.59 Å². The van der Waals surface area contributed by atoms with Crippen LogP contribution in [0.15, 0.2) is 24.3 Å². The summed E-state index contributed by atoms with van der Waals surface area (Å²) >= 11 is 0. The number of nitrogens with one attached hydrogen (secondary N) is 1. The normalized spacial score (nSPS) is 17.1. The molecule has 1 aromatic rings. The van der Waals surface area contributed by atoms with Gasteiger partial charge in [0.25, 0.3) is 0 Å². The zero-order valence-electron chi connectivity index (χ0n) is 13.3. The number of anilines is 1. The molecule has 0 radical (unpaired) electrons. The summed E-state index contributed by atoms with van der Waals surface area (Å²) in [6, 6.07) is 6.28. The molecule has 1 heterocycles. The predicted molar refractivity (Wildman–Crippen MR) is 86.4 cm³/mol. The van der Waals surface area contributed by atoms with Gasteiger partial charge in [-0.2, -0.15) is 0 Å². The van der Waals surface area contributed by atoms with Crippen molar-refractivity contribution >= 4 is 17.6 Å². The highest BCUT2D eigenvalue weighted by molar-refractivity contribution is 5.94. The number of hydrogen-bond acceptors (Lipinski definition) is 4. The van der Waals surface area contributed by atoms with Gasteiger partial charge in [0.05, 0.1) is 12.3 Å². The number of urea groups is 1. The Morgan fingerprint density at radius 1 is 1.35 bits per heavy atom. The van der Waals surface area contributed by atoms with Gasteiger partial charge in [-0.05, 0) is 31.9 Å². The number of carbonyl (C=O) groups excluding carboxylic acids is 2. The minimum Gasteiger partial charge on any atom is -0.489 e. The highest BCUT2D eigenvalue weighted by Crippen LogP contribution is 2.25. The van der Waals surface area contributed by atoms with E-state index < -0.39 is 11.9 Å². The summed E-state index contributed by atoms with van der Waals surface area (Å²) in [4.78, 5) is 25.3. The summed E-state index contributed by atoms with van der Waals surface area (Å²) in [7, 11) is 0. The molecule has 0 unspecified atom stereocenters. The summed E-state index contributed by atoms with van der Waals surface area (Å²) in [6.07, 6.45) is 1.38. The molecule has 0 aliphatic carbocycles. The average Bonchev–Trinajstić information content (AvgIpc) is 3.03. The van der Waals surface area contributed by atoms with Crippen molar-refractivity contribution in [3.8, 4) is 5.75 Å². The molecule has 0 aromatic heterocycles. The van der Waals surface area contributed by atoms with Crippen molar-refractivity contribution in [3.05, 3.63) is 24.3 Å². The Morgan fingerprint density at radius 3 is 2.87 bits per heavy atom. The van der Waals surface area contributed by atoms with E-state index in [0.717, 1.165) is 6.42 Å². The molecule has 1 aliphatic rings. The van der Waals surface area contributed by atoms with Gasteiger partial charge in [0, 0.05) is 13.2 Å². The first-order chi connectivity index (χ1) is 11.1. The zero-order chi connectivity index (χ0) is 16.7. The second-order valence-corrected chi connectivity index (χ2v) is 5.23. The van der Waals surface area contributed by atoms with Gasteiger partial charge in [0.2, 0.25) is 5.91 Å². The lowest BCUT2D eigenvalue weighted by Crippen LogP contribution is -2.45. The molecular weight excluding hydrogens is 298 g/mol. The summed E-state index contributed by atoms with van der Waals surface area (Å²) < 4.78 is 10.9. The van der Waals surface area contributed by atoms with Crippen LogP contribution in [0.5, 0.6) is 5.75 Å². The van der Waals surface area contributed by atoms with Crippen molar-refractivity contribution in [1.29, 1.82) is 0 Å². The number of nitrogens with two attached hydrogens (primary N) is 1. The maximum absolute atomic E-state index is 12.4. The summed E-state index contributed by atoms with van der Waals surface area (Å²) in [6.45, 7) is 3.94. The molecular formula is C16H23N3O4. The largest absolute Gasteiger partial charge is 0.489 e. The fourth-order valence-corrected chi connectivity index (χ4v) is 2.54. The molecule has 0 bridgehead atoms. The lowest BCUT2D eigenvalue weighted by atomic mass is 10.2. The van der Waals surface area contributed by atoms with Crippen molar-refractivity contribution in [1.82, 2.24) is 4.90 Å². The Balaban J connectivity index is 1.99. The summed E-state index contributed by atoms with van der Waals surface area (Å²) in [5.41, 5.74) is 5.90. The Morgan fingerprint density at radius 2 is 2.13 bits per heavy atom. The first-order valence-electron chi connectivity index (χ1n) is 7.80. The number of carbonyl (C=O) groups is 2. The van der Waals surface area contributed by atoms with Crippen LogP contribution in [0.25, 0.3) is 0 Å². The lowest BCUT2D eigenvalue weighted by Gasteiger charge is -2.23. The van der Waals surface area contributed by atoms with Gasteiger partial charge in [-0.15, -0.1) is 0 Å². The number of rotatable bonds is 7. The van der Waals surface area contributed by atoms with Crippen molar-refractivity contribution in [2.24, 2.45) is 5.73 Å². The van der Waals surface area contributed by atoms with Gasteiger partial charge < -0.3 is 25.4 Å². The molecule has 7 heteroatoms. The third-order valence-corrected chi connectivity index (χ3v) is 3.66. The van der Waals surface area contributed by atoms with Crippen LogP contribution in [-0.2, 0) is 9.53 Å². The van der Waals surface area contributed by atoms with Gasteiger partial charge in [0.1, 0.15) is 18.4 Å². The number of hydrogen-bond donors (Lipinski definition) is 2. The number of nitrogens with zero attached hydrogens (tertiary/aromatic N) is 1. The maximum Gasteiger partial charge on any atom is 0.322 e. The van der Waals surface area contributed by atoms with Crippen LogP contribution in [0.3, 0.4) is 0 Å². The summed E-state index contributed by atoms with van der Waals surface area (Å²) in [5.74, 6) is 0.0919. The highest BCUT2D eigenvalue weighted by Gasteiger charge is 2.32. The van der Waals surface area contributed by atoms with Crippen LogP contribution in [0, 0.1) is 0 Å². The van der Waals surface area contributed by atoms with Crippen LogP contribution in [-0.4, -0.2) is 49.2 Å². The van der Waals surface area contributed by atoms with E-state index in [1.807, 2.05) is 13.0 Å². The topological polar surface area (TPSA) is 93.9 Å².